The van der Waals surface area contributed by atoms with E-state index in [4.69, 9.17) is 19.4 Å². The topological polar surface area (TPSA) is 64.5 Å². The van der Waals surface area contributed by atoms with Crippen molar-refractivity contribution < 1.29 is 14.3 Å². The highest BCUT2D eigenvalue weighted by molar-refractivity contribution is 7.18. The average molecular weight is 480 g/mol. The van der Waals surface area contributed by atoms with E-state index in [-0.39, 0.29) is 11.8 Å². The van der Waals surface area contributed by atoms with Crippen LogP contribution in [0, 0.1) is 6.92 Å². The van der Waals surface area contributed by atoms with E-state index in [1.165, 1.54) is 16.0 Å². The highest BCUT2D eigenvalue weighted by Gasteiger charge is 2.29. The SMILES string of the molecule is COc1ccc(-c2nc(C)c(C(=O)N3CCCC(c4nc5ccccc5s4)C3)s2)cc1OC. The molecule has 1 saturated heterocycles. The van der Waals surface area contributed by atoms with Gasteiger partial charge in [0.15, 0.2) is 11.5 Å². The molecule has 2 aromatic carbocycles. The molecule has 0 spiro atoms. The number of ether oxygens (including phenoxy) is 2. The minimum absolute atomic E-state index is 0.0579. The van der Waals surface area contributed by atoms with Gasteiger partial charge in [0.2, 0.25) is 0 Å². The lowest BCUT2D eigenvalue weighted by Crippen LogP contribution is -2.39. The van der Waals surface area contributed by atoms with Gasteiger partial charge in [0.1, 0.15) is 9.88 Å². The largest absolute Gasteiger partial charge is 0.493 e. The number of hydrogen-bond donors (Lipinski definition) is 0. The van der Waals surface area contributed by atoms with Crippen molar-refractivity contribution in [1.29, 1.82) is 0 Å². The minimum atomic E-state index is 0.0579. The van der Waals surface area contributed by atoms with Gasteiger partial charge in [-0.25, -0.2) is 9.97 Å². The van der Waals surface area contributed by atoms with Crippen LogP contribution in [0.1, 0.15) is 39.1 Å². The van der Waals surface area contributed by atoms with Crippen molar-refractivity contribution in [2.45, 2.75) is 25.7 Å². The number of carbonyl (C=O) groups is 1. The fraction of sp³-hybridized carbons (Fsp3) is 0.320. The van der Waals surface area contributed by atoms with Crippen molar-refractivity contribution in [2.24, 2.45) is 0 Å². The summed E-state index contributed by atoms with van der Waals surface area (Å²) < 4.78 is 12.0. The molecule has 5 rings (SSSR count). The zero-order valence-corrected chi connectivity index (χ0v) is 20.5. The van der Waals surface area contributed by atoms with Crippen LogP contribution in [0.3, 0.4) is 0 Å². The van der Waals surface area contributed by atoms with E-state index in [2.05, 4.69) is 12.1 Å². The van der Waals surface area contributed by atoms with Crippen LogP contribution in [0.5, 0.6) is 11.5 Å². The average Bonchev–Trinajstić information content (AvgIpc) is 3.47. The van der Waals surface area contributed by atoms with Crippen LogP contribution in [0.15, 0.2) is 42.5 Å². The van der Waals surface area contributed by atoms with Gasteiger partial charge in [-0.3, -0.25) is 4.79 Å². The third-order valence-electron chi connectivity index (χ3n) is 5.99. The number of piperidine rings is 1. The van der Waals surface area contributed by atoms with Crippen molar-refractivity contribution in [2.75, 3.05) is 27.3 Å². The van der Waals surface area contributed by atoms with Gasteiger partial charge in [-0.1, -0.05) is 12.1 Å². The molecule has 33 heavy (non-hydrogen) atoms. The third kappa shape index (κ3) is 4.20. The summed E-state index contributed by atoms with van der Waals surface area (Å²) in [6.45, 7) is 3.37. The van der Waals surface area contributed by atoms with E-state index < -0.39 is 0 Å². The van der Waals surface area contributed by atoms with Crippen molar-refractivity contribution in [3.8, 4) is 22.1 Å². The Kier molecular flexibility index (Phi) is 6.03. The second-order valence-electron chi connectivity index (χ2n) is 8.11. The number of methoxy groups -OCH3 is 2. The Bertz CT molecular complexity index is 1280. The van der Waals surface area contributed by atoms with Crippen molar-refractivity contribution in [1.82, 2.24) is 14.9 Å². The van der Waals surface area contributed by atoms with E-state index in [1.807, 2.05) is 42.2 Å². The molecule has 0 N–H and O–H groups in total. The van der Waals surface area contributed by atoms with Crippen LogP contribution < -0.4 is 9.47 Å². The number of fused-ring (bicyclic) bond motifs is 1. The molecule has 1 unspecified atom stereocenters. The quantitative estimate of drug-likeness (QED) is 0.364. The number of amides is 1. The van der Waals surface area contributed by atoms with Gasteiger partial charge < -0.3 is 14.4 Å². The summed E-state index contributed by atoms with van der Waals surface area (Å²) in [5, 5.41) is 1.93. The maximum Gasteiger partial charge on any atom is 0.265 e. The van der Waals surface area contributed by atoms with E-state index in [0.29, 0.717) is 22.9 Å². The number of aryl methyl sites for hydroxylation is 1. The molecule has 3 heterocycles. The summed E-state index contributed by atoms with van der Waals surface area (Å²) >= 11 is 3.18. The van der Waals surface area contributed by atoms with Gasteiger partial charge >= 0.3 is 0 Å². The first-order valence-corrected chi connectivity index (χ1v) is 12.5. The number of hydrogen-bond acceptors (Lipinski definition) is 7. The monoisotopic (exact) mass is 479 g/mol. The van der Waals surface area contributed by atoms with E-state index >= 15 is 0 Å². The van der Waals surface area contributed by atoms with Crippen molar-refractivity contribution in [3.63, 3.8) is 0 Å². The van der Waals surface area contributed by atoms with E-state index in [9.17, 15) is 4.79 Å². The maximum absolute atomic E-state index is 13.5. The first-order chi connectivity index (χ1) is 16.1. The van der Waals surface area contributed by atoms with Gasteiger partial charge in [0.05, 0.1) is 35.1 Å². The summed E-state index contributed by atoms with van der Waals surface area (Å²) in [6, 6.07) is 13.9. The number of thiazole rings is 2. The second-order valence-corrected chi connectivity index (χ2v) is 10.2. The summed E-state index contributed by atoms with van der Waals surface area (Å²) in [5.74, 6) is 1.65. The Labute approximate surface area is 200 Å². The molecule has 0 radical (unpaired) electrons. The Morgan fingerprint density at radius 3 is 2.67 bits per heavy atom. The Morgan fingerprint density at radius 2 is 1.88 bits per heavy atom. The zero-order chi connectivity index (χ0) is 22.9. The molecule has 1 amide bonds. The molecule has 0 saturated carbocycles. The van der Waals surface area contributed by atoms with Crippen LogP contribution in [0.2, 0.25) is 0 Å². The molecule has 4 aromatic rings. The maximum atomic E-state index is 13.5. The number of aromatic nitrogens is 2. The van der Waals surface area contributed by atoms with Gasteiger partial charge in [-0.2, -0.15) is 0 Å². The lowest BCUT2D eigenvalue weighted by Gasteiger charge is -2.31. The number of nitrogens with zero attached hydrogens (tertiary/aromatic N) is 3. The van der Waals surface area contributed by atoms with Crippen LogP contribution in [-0.2, 0) is 0 Å². The number of likely N-dealkylation sites (tertiary alicyclic amines) is 1. The van der Waals surface area contributed by atoms with Crippen LogP contribution in [0.25, 0.3) is 20.8 Å². The highest BCUT2D eigenvalue weighted by Crippen LogP contribution is 2.37. The Morgan fingerprint density at radius 1 is 1.06 bits per heavy atom. The molecule has 1 fully saturated rings. The van der Waals surface area contributed by atoms with Gasteiger partial charge in [0.25, 0.3) is 5.91 Å². The first-order valence-electron chi connectivity index (χ1n) is 10.9. The molecular formula is C25H25N3O3S2. The third-order valence-corrected chi connectivity index (χ3v) is 8.38. The van der Waals surface area contributed by atoms with Gasteiger partial charge in [0, 0.05) is 24.6 Å². The molecule has 6 nitrogen and oxygen atoms in total. The molecule has 1 aliphatic heterocycles. The highest BCUT2D eigenvalue weighted by atomic mass is 32.1. The van der Waals surface area contributed by atoms with Crippen molar-refractivity contribution >= 4 is 38.8 Å². The molecule has 0 aliphatic carbocycles. The molecule has 170 valence electrons. The Balaban J connectivity index is 1.37. The summed E-state index contributed by atoms with van der Waals surface area (Å²) in [5.41, 5.74) is 2.71. The lowest BCUT2D eigenvalue weighted by molar-refractivity contribution is 0.0711. The number of benzene rings is 2. The normalized spacial score (nSPS) is 16.2. The Hall–Kier alpha value is -2.97. The second kappa shape index (κ2) is 9.11. The first kappa shape index (κ1) is 21.9. The summed E-state index contributed by atoms with van der Waals surface area (Å²) in [4.78, 5) is 25.7. The molecule has 8 heteroatoms. The smallest absolute Gasteiger partial charge is 0.265 e. The van der Waals surface area contributed by atoms with Crippen LogP contribution in [-0.4, -0.2) is 48.1 Å². The molecule has 0 bridgehead atoms. The van der Waals surface area contributed by atoms with Crippen LogP contribution in [0.4, 0.5) is 0 Å². The molecule has 1 aliphatic rings. The van der Waals surface area contributed by atoms with Gasteiger partial charge in [-0.05, 0) is 50.1 Å². The number of carbonyl (C=O) groups excluding carboxylic acids is 1. The van der Waals surface area contributed by atoms with E-state index in [0.717, 1.165) is 46.2 Å². The molecule has 1 atom stereocenters. The predicted molar refractivity (Wildman–Crippen MR) is 133 cm³/mol. The summed E-state index contributed by atoms with van der Waals surface area (Å²) in [7, 11) is 3.23. The minimum Gasteiger partial charge on any atom is -0.493 e. The number of rotatable bonds is 5. The van der Waals surface area contributed by atoms with Crippen LogP contribution >= 0.6 is 22.7 Å². The van der Waals surface area contributed by atoms with Gasteiger partial charge in [-0.15, -0.1) is 22.7 Å². The summed E-state index contributed by atoms with van der Waals surface area (Å²) in [6.07, 6.45) is 2.04. The number of para-hydroxylation sites is 1. The standard InChI is InChI=1S/C25H25N3O3S2/c1-15-22(33-23(26-15)16-10-11-19(30-2)20(13-16)31-3)25(29)28-12-6-7-17(14-28)24-27-18-8-4-5-9-21(18)32-24/h4-5,8-11,13,17H,6-7,12,14H2,1-3H3. The fourth-order valence-electron chi connectivity index (χ4n) is 4.26. The van der Waals surface area contributed by atoms with Crippen molar-refractivity contribution in [3.05, 3.63) is 58.0 Å². The zero-order valence-electron chi connectivity index (χ0n) is 18.8. The molecular weight excluding hydrogens is 454 g/mol. The molecule has 2 aromatic heterocycles. The lowest BCUT2D eigenvalue weighted by atomic mass is 9.98. The fourth-order valence-corrected chi connectivity index (χ4v) is 6.38. The van der Waals surface area contributed by atoms with E-state index in [1.54, 1.807) is 25.6 Å². The predicted octanol–water partition coefficient (Wildman–Crippen LogP) is 5.77.